The summed E-state index contributed by atoms with van der Waals surface area (Å²) in [6, 6.07) is 3.77. The monoisotopic (exact) mass is 275 g/mol. The van der Waals surface area contributed by atoms with Crippen LogP contribution in [0.25, 0.3) is 10.8 Å². The van der Waals surface area contributed by atoms with E-state index in [1.165, 1.54) is 25.1 Å². The first kappa shape index (κ1) is 13.8. The topological polar surface area (TPSA) is 101 Å². The zero-order valence-electron chi connectivity index (χ0n) is 11.0. The molecule has 0 aliphatic carbocycles. The number of ketones is 1. The number of rotatable bonds is 3. The number of benzene rings is 2. The average Bonchev–Trinajstić information content (AvgIpc) is 2.35. The van der Waals surface area contributed by atoms with E-state index < -0.39 is 4.92 Å². The number of nitro benzene ring substituents is 1. The highest BCUT2D eigenvalue weighted by atomic mass is 16.6. The van der Waals surface area contributed by atoms with E-state index in [1.807, 2.05) is 0 Å². The van der Waals surface area contributed by atoms with E-state index in [0.717, 1.165) is 0 Å². The predicted molar refractivity (Wildman–Crippen MR) is 73.1 cm³/mol. The third-order valence-corrected chi connectivity index (χ3v) is 3.24. The summed E-state index contributed by atoms with van der Waals surface area (Å²) < 4.78 is 0. The Morgan fingerprint density at radius 3 is 2.45 bits per heavy atom. The number of aromatic hydroxyl groups is 2. The van der Waals surface area contributed by atoms with Crippen LogP contribution in [0.15, 0.2) is 18.2 Å². The van der Waals surface area contributed by atoms with Crippen LogP contribution in [0.4, 0.5) is 5.69 Å². The Morgan fingerprint density at radius 1 is 1.30 bits per heavy atom. The Hall–Kier alpha value is -2.63. The maximum absolute atomic E-state index is 11.3. The van der Waals surface area contributed by atoms with Crippen LogP contribution < -0.4 is 0 Å². The van der Waals surface area contributed by atoms with Crippen molar-refractivity contribution >= 4 is 22.2 Å². The molecule has 0 amide bonds. The molecule has 0 spiro atoms. The molecular formula is C14H13NO5. The molecule has 0 unspecified atom stereocenters. The second-order valence-corrected chi connectivity index (χ2v) is 4.66. The molecule has 0 fully saturated rings. The molecule has 0 aliphatic heterocycles. The van der Waals surface area contributed by atoms with Crippen LogP contribution in [0.3, 0.4) is 0 Å². The van der Waals surface area contributed by atoms with Crippen LogP contribution in [0.2, 0.25) is 0 Å². The van der Waals surface area contributed by atoms with Crippen LogP contribution >= 0.6 is 0 Å². The summed E-state index contributed by atoms with van der Waals surface area (Å²) in [6.07, 6.45) is -0.0901. The number of nitro groups is 1. The zero-order chi connectivity index (χ0) is 15.0. The van der Waals surface area contributed by atoms with Gasteiger partial charge in [0.2, 0.25) is 0 Å². The third-order valence-electron chi connectivity index (χ3n) is 3.24. The SMILES string of the molecule is CC(=O)Cc1c([N+](=O)[O-])cc2c(O)ccc(O)c2c1C. The van der Waals surface area contributed by atoms with Crippen molar-refractivity contribution in [2.75, 3.05) is 0 Å². The summed E-state index contributed by atoms with van der Waals surface area (Å²) in [7, 11) is 0. The molecule has 0 aliphatic rings. The van der Waals surface area contributed by atoms with Gasteiger partial charge in [-0.25, -0.2) is 0 Å². The number of carbonyl (C=O) groups is 1. The van der Waals surface area contributed by atoms with E-state index in [-0.39, 0.29) is 40.3 Å². The average molecular weight is 275 g/mol. The Morgan fingerprint density at radius 2 is 1.90 bits per heavy atom. The fourth-order valence-electron chi connectivity index (χ4n) is 2.34. The molecular weight excluding hydrogens is 262 g/mol. The van der Waals surface area contributed by atoms with Crippen molar-refractivity contribution < 1.29 is 19.9 Å². The van der Waals surface area contributed by atoms with Crippen LogP contribution in [0.1, 0.15) is 18.1 Å². The summed E-state index contributed by atoms with van der Waals surface area (Å²) in [5.41, 5.74) is 0.458. The van der Waals surface area contributed by atoms with Crippen molar-refractivity contribution in [3.63, 3.8) is 0 Å². The highest BCUT2D eigenvalue weighted by Crippen LogP contribution is 2.39. The van der Waals surface area contributed by atoms with Gasteiger partial charge in [0.15, 0.2) is 0 Å². The molecule has 0 saturated carbocycles. The van der Waals surface area contributed by atoms with Gasteiger partial charge in [0.05, 0.1) is 4.92 Å². The van der Waals surface area contributed by atoms with Crippen LogP contribution in [-0.2, 0) is 11.2 Å². The summed E-state index contributed by atoms with van der Waals surface area (Å²) in [4.78, 5) is 21.9. The second kappa shape index (κ2) is 4.80. The molecule has 2 aromatic carbocycles. The molecule has 0 atom stereocenters. The maximum Gasteiger partial charge on any atom is 0.274 e. The van der Waals surface area contributed by atoms with E-state index in [9.17, 15) is 25.1 Å². The van der Waals surface area contributed by atoms with Crippen LogP contribution in [0, 0.1) is 17.0 Å². The second-order valence-electron chi connectivity index (χ2n) is 4.66. The number of phenols is 2. The fraction of sp³-hybridized carbons (Fsp3) is 0.214. The molecule has 0 saturated heterocycles. The van der Waals surface area contributed by atoms with Gasteiger partial charge in [-0.3, -0.25) is 14.9 Å². The lowest BCUT2D eigenvalue weighted by Crippen LogP contribution is -2.04. The van der Waals surface area contributed by atoms with Crippen molar-refractivity contribution in [1.82, 2.24) is 0 Å². The van der Waals surface area contributed by atoms with E-state index >= 15 is 0 Å². The molecule has 0 aromatic heterocycles. The normalized spacial score (nSPS) is 10.7. The highest BCUT2D eigenvalue weighted by Gasteiger charge is 2.22. The van der Waals surface area contributed by atoms with Crippen molar-refractivity contribution in [2.45, 2.75) is 20.3 Å². The summed E-state index contributed by atoms with van der Waals surface area (Å²) >= 11 is 0. The summed E-state index contributed by atoms with van der Waals surface area (Å²) in [5, 5.41) is 31.4. The Kier molecular flexibility index (Phi) is 3.31. The molecule has 20 heavy (non-hydrogen) atoms. The number of nitrogens with zero attached hydrogens (tertiary/aromatic N) is 1. The van der Waals surface area contributed by atoms with Gasteiger partial charge in [-0.15, -0.1) is 0 Å². The van der Waals surface area contributed by atoms with Crippen LogP contribution in [0.5, 0.6) is 11.5 Å². The van der Waals surface area contributed by atoms with E-state index in [0.29, 0.717) is 10.9 Å². The van der Waals surface area contributed by atoms with E-state index in [2.05, 4.69) is 0 Å². The molecule has 6 heteroatoms. The largest absolute Gasteiger partial charge is 0.507 e. The zero-order valence-corrected chi connectivity index (χ0v) is 11.0. The minimum atomic E-state index is -0.589. The lowest BCUT2D eigenvalue weighted by atomic mass is 9.94. The lowest BCUT2D eigenvalue weighted by Gasteiger charge is -2.11. The van der Waals surface area contributed by atoms with Gasteiger partial charge in [0.1, 0.15) is 17.3 Å². The smallest absolute Gasteiger partial charge is 0.274 e. The van der Waals surface area contributed by atoms with Gasteiger partial charge in [0, 0.05) is 28.8 Å². The summed E-state index contributed by atoms with van der Waals surface area (Å²) in [5.74, 6) is -0.455. The van der Waals surface area contributed by atoms with Crippen LogP contribution in [-0.4, -0.2) is 20.9 Å². The number of hydrogen-bond donors (Lipinski definition) is 2. The molecule has 2 aromatic rings. The fourth-order valence-corrected chi connectivity index (χ4v) is 2.34. The first-order valence-corrected chi connectivity index (χ1v) is 5.94. The van der Waals surface area contributed by atoms with Gasteiger partial charge in [-0.2, -0.15) is 0 Å². The van der Waals surface area contributed by atoms with Crippen molar-refractivity contribution in [1.29, 1.82) is 0 Å². The number of Topliss-reactive ketones (excluding diaryl/α,β-unsaturated/α-hetero) is 1. The van der Waals surface area contributed by atoms with Gasteiger partial charge in [-0.05, 0) is 31.5 Å². The van der Waals surface area contributed by atoms with Gasteiger partial charge in [-0.1, -0.05) is 0 Å². The van der Waals surface area contributed by atoms with Crippen molar-refractivity contribution in [2.24, 2.45) is 0 Å². The number of fused-ring (bicyclic) bond motifs is 1. The molecule has 2 rings (SSSR count). The minimum Gasteiger partial charge on any atom is -0.507 e. The standard InChI is InChI=1S/C14H13NO5/c1-7(16)5-9-8(2)14-10(6-11(9)15(19)20)12(17)3-4-13(14)18/h3-4,6,17-18H,5H2,1-2H3. The molecule has 0 bridgehead atoms. The van der Waals surface area contributed by atoms with Gasteiger partial charge < -0.3 is 10.2 Å². The van der Waals surface area contributed by atoms with Crippen molar-refractivity contribution in [3.8, 4) is 11.5 Å². The molecule has 6 nitrogen and oxygen atoms in total. The van der Waals surface area contributed by atoms with Crippen molar-refractivity contribution in [3.05, 3.63) is 39.4 Å². The molecule has 104 valence electrons. The number of hydrogen-bond acceptors (Lipinski definition) is 5. The number of aryl methyl sites for hydroxylation is 1. The highest BCUT2D eigenvalue weighted by molar-refractivity contribution is 5.99. The molecule has 2 N–H and O–H groups in total. The summed E-state index contributed by atoms with van der Waals surface area (Å²) in [6.45, 7) is 2.93. The number of carbonyl (C=O) groups excluding carboxylic acids is 1. The van der Waals surface area contributed by atoms with E-state index in [4.69, 9.17) is 0 Å². The lowest BCUT2D eigenvalue weighted by molar-refractivity contribution is -0.385. The molecule has 0 heterocycles. The van der Waals surface area contributed by atoms with E-state index in [1.54, 1.807) is 6.92 Å². The van der Waals surface area contributed by atoms with Gasteiger partial charge in [0.25, 0.3) is 5.69 Å². The molecule has 0 radical (unpaired) electrons. The minimum absolute atomic E-state index is 0.0880. The first-order chi connectivity index (χ1) is 9.32. The maximum atomic E-state index is 11.3. The quantitative estimate of drug-likeness (QED) is 0.509. The number of phenolic OH excluding ortho intramolecular Hbond substituents is 2. The third kappa shape index (κ3) is 2.16. The van der Waals surface area contributed by atoms with Gasteiger partial charge >= 0.3 is 0 Å². The first-order valence-electron chi connectivity index (χ1n) is 5.94. The Balaban J connectivity index is 2.93. The predicted octanol–water partition coefficient (Wildman–Crippen LogP) is 2.60. The Bertz CT molecular complexity index is 736. The Labute approximate surface area is 114 Å².